The van der Waals surface area contributed by atoms with Crippen molar-refractivity contribution in [2.45, 2.75) is 0 Å². The van der Waals surface area contributed by atoms with Crippen LogP contribution in [0, 0.1) is 0 Å². The van der Waals surface area contributed by atoms with Crippen molar-refractivity contribution in [3.63, 3.8) is 0 Å². The second-order valence-electron chi connectivity index (χ2n) is 0.991. The Bertz CT molecular complexity index is 111. The van der Waals surface area contributed by atoms with E-state index in [4.69, 9.17) is 38.4 Å². The topological polar surface area (TPSA) is 173 Å². The smallest absolute Gasteiger partial charge is 0.894 e. The summed E-state index contributed by atoms with van der Waals surface area (Å²) in [5, 5.41) is 0. The Morgan fingerprint density at radius 2 is 1.08 bits per heavy atom. The van der Waals surface area contributed by atoms with Gasteiger partial charge in [0.1, 0.15) is 0 Å². The maximum atomic E-state index is 8.77. The van der Waals surface area contributed by atoms with Crippen molar-refractivity contribution < 1.29 is 38.4 Å². The largest absolute Gasteiger partial charge is 3.00 e. The molecule has 0 atom stereocenters. The zero-order valence-electron chi connectivity index (χ0n) is 5.58. The van der Waals surface area contributed by atoms with E-state index in [-0.39, 0.29) is 55.1 Å². The molecule has 12 heavy (non-hydrogen) atoms. The summed E-state index contributed by atoms with van der Waals surface area (Å²) in [6.07, 6.45) is 0. The molecule has 0 aliphatic heterocycles. The van der Waals surface area contributed by atoms with Gasteiger partial charge in [-0.05, 0) is 0 Å². The monoisotopic (exact) mass is 256 g/mol. The van der Waals surface area contributed by atoms with Crippen molar-refractivity contribution in [2.24, 2.45) is 0 Å². The van der Waals surface area contributed by atoms with Gasteiger partial charge in [-0.2, -0.15) is 0 Å². The fourth-order valence-electron chi connectivity index (χ4n) is 0. The van der Waals surface area contributed by atoms with Crippen LogP contribution in [0.1, 0.15) is 0 Å². The van der Waals surface area contributed by atoms with E-state index in [0.29, 0.717) is 0 Å². The molecule has 0 fully saturated rings. The van der Waals surface area contributed by atoms with E-state index in [1.165, 1.54) is 0 Å². The first-order valence-corrected chi connectivity index (χ1v) is 4.74. The van der Waals surface area contributed by atoms with Crippen LogP contribution in [0.2, 0.25) is 0 Å². The minimum Gasteiger partial charge on any atom is -0.894 e. The third-order valence-corrected chi connectivity index (χ3v) is 0. The maximum absolute atomic E-state index is 8.77. The predicted octanol–water partition coefficient (Wildman–Crippen LogP) is -7.46. The molecular formula is H2AlCaO8PSi. The molecule has 12 heteroatoms. The van der Waals surface area contributed by atoms with Crippen molar-refractivity contribution >= 4 is 72.0 Å². The van der Waals surface area contributed by atoms with Gasteiger partial charge in [0.2, 0.25) is 0 Å². The molecule has 0 radical (unpaired) electrons. The summed E-state index contributed by atoms with van der Waals surface area (Å²) in [6.45, 7) is 0. The van der Waals surface area contributed by atoms with Crippen molar-refractivity contribution in [2.75, 3.05) is 0 Å². The van der Waals surface area contributed by atoms with Gasteiger partial charge in [0, 0.05) is 0 Å². The summed E-state index contributed by atoms with van der Waals surface area (Å²) in [4.78, 5) is 57.2. The Morgan fingerprint density at radius 3 is 1.08 bits per heavy atom. The van der Waals surface area contributed by atoms with Crippen LogP contribution in [0.5, 0.6) is 0 Å². The Morgan fingerprint density at radius 1 is 1.08 bits per heavy atom. The molecule has 0 heterocycles. The summed E-state index contributed by atoms with van der Waals surface area (Å²) in [5.41, 5.74) is 0. The molecular weight excluding hydrogens is 254 g/mol. The number of hydrogen-bond donors (Lipinski definition) is 2. The second-order valence-corrected chi connectivity index (χ2v) is 2.97. The molecule has 0 rings (SSSR count). The fourth-order valence-corrected chi connectivity index (χ4v) is 0. The van der Waals surface area contributed by atoms with Gasteiger partial charge in [-0.25, -0.2) is 0 Å². The van der Waals surface area contributed by atoms with Crippen LogP contribution in [0.4, 0.5) is 0 Å². The minimum absolute atomic E-state index is 0. The van der Waals surface area contributed by atoms with E-state index < -0.39 is 16.9 Å². The van der Waals surface area contributed by atoms with Crippen molar-refractivity contribution in [1.29, 1.82) is 0 Å². The van der Waals surface area contributed by atoms with Crippen LogP contribution in [0.15, 0.2) is 0 Å². The Hall–Kier alpha value is 1.96. The van der Waals surface area contributed by atoms with Gasteiger partial charge >= 0.3 is 55.1 Å². The first kappa shape index (κ1) is 23.6. The van der Waals surface area contributed by atoms with Gasteiger partial charge in [0.05, 0.1) is 0 Å². The molecule has 0 amide bonds. The first-order chi connectivity index (χ1) is 4.00. The van der Waals surface area contributed by atoms with Gasteiger partial charge in [0.25, 0.3) is 7.82 Å². The predicted molar refractivity (Wildman–Crippen MR) is 29.3 cm³/mol. The summed E-state index contributed by atoms with van der Waals surface area (Å²) in [6, 6.07) is 0. The van der Waals surface area contributed by atoms with Gasteiger partial charge in [-0.15, -0.1) is 0 Å². The molecule has 0 bridgehead atoms. The van der Waals surface area contributed by atoms with E-state index >= 15 is 0 Å². The van der Waals surface area contributed by atoms with E-state index in [0.717, 1.165) is 0 Å². The zero-order chi connectivity index (χ0) is 9.00. The van der Waals surface area contributed by atoms with Crippen LogP contribution in [-0.2, 0) is 4.57 Å². The summed E-state index contributed by atoms with van der Waals surface area (Å²) in [5.74, 6) is 0. The number of phosphoric acid groups is 1. The van der Waals surface area contributed by atoms with Crippen molar-refractivity contribution in [3.8, 4) is 0 Å². The van der Waals surface area contributed by atoms with Crippen LogP contribution in [0.3, 0.4) is 0 Å². The first-order valence-electron chi connectivity index (χ1n) is 1.58. The molecule has 0 saturated heterocycles. The van der Waals surface area contributed by atoms with E-state index in [9.17, 15) is 0 Å². The molecule has 0 spiro atoms. The average Bonchev–Trinajstić information content (AvgIpc) is 1.12. The van der Waals surface area contributed by atoms with Crippen LogP contribution in [-0.4, -0.2) is 73.9 Å². The minimum atomic E-state index is -5.61. The SMILES string of the molecule is O=P([O-])(O)O.[Al+3].[Ca+2].[O-][Si]([O-])([O-])[O-]. The van der Waals surface area contributed by atoms with Crippen LogP contribution in [0.25, 0.3) is 0 Å². The average molecular weight is 256 g/mol. The van der Waals surface area contributed by atoms with Gasteiger partial charge < -0.3 is 42.9 Å². The third-order valence-electron chi connectivity index (χ3n) is 0. The third kappa shape index (κ3) is 374. The molecule has 0 aromatic heterocycles. The van der Waals surface area contributed by atoms with E-state index in [2.05, 4.69) is 0 Å². The van der Waals surface area contributed by atoms with Gasteiger partial charge in [-0.1, -0.05) is 0 Å². The molecule has 0 aliphatic carbocycles. The summed E-state index contributed by atoms with van der Waals surface area (Å²) in [7, 11) is -10.5. The Labute approximate surface area is 109 Å². The molecule has 64 valence electrons. The Balaban J connectivity index is -0.0000000457. The van der Waals surface area contributed by atoms with E-state index in [1.54, 1.807) is 0 Å². The van der Waals surface area contributed by atoms with Crippen molar-refractivity contribution in [1.82, 2.24) is 0 Å². The molecule has 0 aliphatic rings. The summed E-state index contributed by atoms with van der Waals surface area (Å²) < 4.78 is 8.77. The Kier molecular flexibility index (Phi) is 18.7. The number of rotatable bonds is 0. The molecule has 8 nitrogen and oxygen atoms in total. The molecule has 0 aromatic rings. The molecule has 0 aromatic carbocycles. The van der Waals surface area contributed by atoms with Gasteiger partial charge in [-0.3, -0.25) is 4.57 Å². The molecule has 2 N–H and O–H groups in total. The fraction of sp³-hybridized carbons (Fsp3) is 0. The second kappa shape index (κ2) is 9.51. The normalized spacial score (nSPS) is 9.92. The standard InChI is InChI=1S/Al.Ca.H3O4P.O4Si/c;;2*1-5(2,3)4/h;;(H3,1,2,3,4);/q+3;+2;;-4/p-1. The zero-order valence-corrected chi connectivity index (χ0v) is 10.8. The quantitative estimate of drug-likeness (QED) is 0.317. The van der Waals surface area contributed by atoms with Crippen LogP contribution >= 0.6 is 7.82 Å². The van der Waals surface area contributed by atoms with Gasteiger partial charge in [0.15, 0.2) is 0 Å². The molecule has 0 saturated carbocycles. The van der Waals surface area contributed by atoms with Crippen molar-refractivity contribution in [3.05, 3.63) is 0 Å². The van der Waals surface area contributed by atoms with E-state index in [1.807, 2.05) is 0 Å². The molecule has 0 unspecified atom stereocenters. The van der Waals surface area contributed by atoms with Crippen LogP contribution < -0.4 is 24.1 Å². The summed E-state index contributed by atoms with van der Waals surface area (Å²) >= 11 is 0. The number of hydrogen-bond acceptors (Lipinski definition) is 6. The maximum Gasteiger partial charge on any atom is 3.00 e.